The number of nitrogens with one attached hydrogen (secondary N) is 1. The number of hydrogen-bond acceptors (Lipinski definition) is 4. The Morgan fingerprint density at radius 2 is 1.50 bits per heavy atom. The third-order valence-corrected chi connectivity index (χ3v) is 4.87. The largest absolute Gasteiger partial charge is 0.494 e. The fourth-order valence-electron chi connectivity index (χ4n) is 3.39. The summed E-state index contributed by atoms with van der Waals surface area (Å²) < 4.78 is 5.50. The second kappa shape index (κ2) is 8.25. The zero-order valence-electron chi connectivity index (χ0n) is 16.9. The first-order valence-electron chi connectivity index (χ1n) is 9.83. The molecule has 0 radical (unpaired) electrons. The smallest absolute Gasteiger partial charge is 0.282 e. The van der Waals surface area contributed by atoms with Gasteiger partial charge >= 0.3 is 0 Å². The molecule has 0 fully saturated rings. The minimum Gasteiger partial charge on any atom is -0.494 e. The zero-order chi connectivity index (χ0) is 21.1. The van der Waals surface area contributed by atoms with E-state index in [1.54, 1.807) is 36.4 Å². The van der Waals surface area contributed by atoms with Gasteiger partial charge < -0.3 is 10.1 Å². The van der Waals surface area contributed by atoms with Crippen LogP contribution in [0.3, 0.4) is 0 Å². The maximum absolute atomic E-state index is 13.4. The number of hydrogen-bond donors (Lipinski definition) is 1. The monoisotopic (exact) mass is 398 g/mol. The highest BCUT2D eigenvalue weighted by Gasteiger charge is 2.40. The molecule has 0 unspecified atom stereocenters. The van der Waals surface area contributed by atoms with Crippen LogP contribution in [0.15, 0.2) is 84.6 Å². The second-order valence-corrected chi connectivity index (χ2v) is 6.98. The van der Waals surface area contributed by atoms with Gasteiger partial charge in [0.1, 0.15) is 11.4 Å². The van der Waals surface area contributed by atoms with E-state index in [1.807, 2.05) is 56.3 Å². The Hall–Kier alpha value is -3.86. The zero-order valence-corrected chi connectivity index (χ0v) is 16.9. The van der Waals surface area contributed by atoms with Crippen LogP contribution in [0.2, 0.25) is 0 Å². The third kappa shape index (κ3) is 3.70. The Labute approximate surface area is 175 Å². The van der Waals surface area contributed by atoms with Crippen LogP contribution in [0, 0.1) is 6.92 Å². The lowest BCUT2D eigenvalue weighted by Gasteiger charge is -2.15. The molecule has 30 heavy (non-hydrogen) atoms. The van der Waals surface area contributed by atoms with E-state index < -0.39 is 0 Å². The van der Waals surface area contributed by atoms with Gasteiger partial charge in [-0.1, -0.05) is 48.0 Å². The lowest BCUT2D eigenvalue weighted by molar-refractivity contribution is -0.120. The minimum absolute atomic E-state index is 0.260. The molecule has 3 aromatic carbocycles. The number of ether oxygens (including phenoxy) is 1. The van der Waals surface area contributed by atoms with E-state index in [-0.39, 0.29) is 17.5 Å². The number of nitrogens with zero attached hydrogens (tertiary/aromatic N) is 1. The molecular weight excluding hydrogens is 376 g/mol. The van der Waals surface area contributed by atoms with Crippen molar-refractivity contribution < 1.29 is 14.3 Å². The number of carbonyl (C=O) groups excluding carboxylic acids is 2. The van der Waals surface area contributed by atoms with E-state index >= 15 is 0 Å². The summed E-state index contributed by atoms with van der Waals surface area (Å²) in [6.45, 7) is 4.43. The van der Waals surface area contributed by atoms with Crippen molar-refractivity contribution in [2.24, 2.45) is 0 Å². The number of amides is 2. The van der Waals surface area contributed by atoms with Crippen molar-refractivity contribution in [2.75, 3.05) is 16.8 Å². The number of aryl methyl sites for hydroxylation is 1. The number of anilines is 2. The summed E-state index contributed by atoms with van der Waals surface area (Å²) in [7, 11) is 0. The Morgan fingerprint density at radius 1 is 0.833 bits per heavy atom. The third-order valence-electron chi connectivity index (χ3n) is 4.87. The van der Waals surface area contributed by atoms with Crippen molar-refractivity contribution >= 4 is 28.8 Å². The van der Waals surface area contributed by atoms with Gasteiger partial charge in [-0.3, -0.25) is 9.59 Å². The first-order chi connectivity index (χ1) is 14.6. The topological polar surface area (TPSA) is 58.6 Å². The van der Waals surface area contributed by atoms with Gasteiger partial charge in [-0.15, -0.1) is 0 Å². The van der Waals surface area contributed by atoms with Crippen LogP contribution in [0.4, 0.5) is 11.4 Å². The molecule has 0 saturated carbocycles. The van der Waals surface area contributed by atoms with E-state index in [4.69, 9.17) is 4.74 Å². The summed E-state index contributed by atoms with van der Waals surface area (Å²) >= 11 is 0. The van der Waals surface area contributed by atoms with Crippen LogP contribution >= 0.6 is 0 Å². The van der Waals surface area contributed by atoms with Gasteiger partial charge in [-0.05, 0) is 55.8 Å². The van der Waals surface area contributed by atoms with Gasteiger partial charge in [0.15, 0.2) is 0 Å². The van der Waals surface area contributed by atoms with Crippen LogP contribution in [-0.2, 0) is 9.59 Å². The molecule has 0 saturated heterocycles. The normalized spacial score (nSPS) is 13.7. The van der Waals surface area contributed by atoms with Crippen LogP contribution in [-0.4, -0.2) is 18.4 Å². The van der Waals surface area contributed by atoms with Crippen molar-refractivity contribution in [1.82, 2.24) is 0 Å². The van der Waals surface area contributed by atoms with E-state index in [0.717, 1.165) is 11.3 Å². The highest BCUT2D eigenvalue weighted by molar-refractivity contribution is 6.46. The maximum atomic E-state index is 13.4. The molecule has 0 aromatic heterocycles. The quantitative estimate of drug-likeness (QED) is 0.607. The van der Waals surface area contributed by atoms with Gasteiger partial charge in [0.25, 0.3) is 11.8 Å². The average molecular weight is 398 g/mol. The molecule has 1 heterocycles. The fourth-order valence-corrected chi connectivity index (χ4v) is 3.39. The predicted molar refractivity (Wildman–Crippen MR) is 118 cm³/mol. The molecule has 0 spiro atoms. The number of benzene rings is 3. The maximum Gasteiger partial charge on any atom is 0.282 e. The number of para-hydroxylation sites is 1. The minimum atomic E-state index is -0.378. The molecule has 0 atom stereocenters. The van der Waals surface area contributed by atoms with Crippen LogP contribution in [0.25, 0.3) is 5.57 Å². The molecule has 5 nitrogen and oxygen atoms in total. The highest BCUT2D eigenvalue weighted by atomic mass is 16.5. The predicted octanol–water partition coefficient (Wildman–Crippen LogP) is 4.79. The summed E-state index contributed by atoms with van der Waals surface area (Å²) in [6, 6.07) is 23.9. The Bertz CT molecular complexity index is 1100. The van der Waals surface area contributed by atoms with Gasteiger partial charge in [-0.25, -0.2) is 4.90 Å². The van der Waals surface area contributed by atoms with E-state index in [1.165, 1.54) is 4.90 Å². The van der Waals surface area contributed by atoms with E-state index in [9.17, 15) is 9.59 Å². The first-order valence-corrected chi connectivity index (χ1v) is 9.83. The Morgan fingerprint density at radius 3 is 2.13 bits per heavy atom. The molecule has 2 amide bonds. The molecule has 1 N–H and O–H groups in total. The molecule has 150 valence electrons. The molecular formula is C25H22N2O3. The average Bonchev–Trinajstić information content (AvgIpc) is 3.00. The molecule has 0 aliphatic carbocycles. The van der Waals surface area contributed by atoms with Crippen LogP contribution < -0.4 is 15.0 Å². The van der Waals surface area contributed by atoms with Gasteiger partial charge in [0.2, 0.25) is 0 Å². The van der Waals surface area contributed by atoms with Crippen molar-refractivity contribution in [2.45, 2.75) is 13.8 Å². The van der Waals surface area contributed by atoms with Gasteiger partial charge in [0, 0.05) is 5.69 Å². The molecule has 1 aliphatic rings. The number of rotatable bonds is 6. The van der Waals surface area contributed by atoms with Crippen molar-refractivity contribution in [3.05, 3.63) is 95.7 Å². The summed E-state index contributed by atoms with van der Waals surface area (Å²) in [5.74, 6) is -0.0189. The molecule has 1 aliphatic heterocycles. The summed E-state index contributed by atoms with van der Waals surface area (Å²) in [5, 5.41) is 3.16. The van der Waals surface area contributed by atoms with Crippen molar-refractivity contribution in [3.8, 4) is 5.75 Å². The van der Waals surface area contributed by atoms with Crippen LogP contribution in [0.1, 0.15) is 18.1 Å². The lowest BCUT2D eigenvalue weighted by Crippen LogP contribution is -2.32. The van der Waals surface area contributed by atoms with Gasteiger partial charge in [0.05, 0.1) is 17.9 Å². The Balaban J connectivity index is 1.78. The van der Waals surface area contributed by atoms with E-state index in [0.29, 0.717) is 29.2 Å². The van der Waals surface area contributed by atoms with Crippen molar-refractivity contribution in [3.63, 3.8) is 0 Å². The SMILES string of the molecule is CCOc1ccc(C2=C(Nc3ccccc3)C(=O)N(c3ccc(C)cc3)C2=O)cc1. The summed E-state index contributed by atoms with van der Waals surface area (Å²) in [5.41, 5.74) is 3.60. The highest BCUT2D eigenvalue weighted by Crippen LogP contribution is 2.34. The molecule has 4 rings (SSSR count). The lowest BCUT2D eigenvalue weighted by atomic mass is 10.0. The standard InChI is InChI=1S/C25H22N2O3/c1-3-30-21-15-11-18(12-16-21)22-23(26-19-7-5-4-6-8-19)25(29)27(24(22)28)20-13-9-17(2)10-14-20/h4-16,26H,3H2,1-2H3. The molecule has 3 aromatic rings. The van der Waals surface area contributed by atoms with Crippen molar-refractivity contribution in [1.29, 1.82) is 0 Å². The number of imide groups is 1. The van der Waals surface area contributed by atoms with E-state index in [2.05, 4.69) is 5.32 Å². The molecule has 0 bridgehead atoms. The number of carbonyl (C=O) groups is 2. The van der Waals surface area contributed by atoms with Crippen LogP contribution in [0.5, 0.6) is 5.75 Å². The fraction of sp³-hybridized carbons (Fsp3) is 0.120. The summed E-state index contributed by atoms with van der Waals surface area (Å²) in [4.78, 5) is 27.9. The van der Waals surface area contributed by atoms with Gasteiger partial charge in [-0.2, -0.15) is 0 Å². The second-order valence-electron chi connectivity index (χ2n) is 6.98. The first kappa shape index (κ1) is 19.5. The summed E-state index contributed by atoms with van der Waals surface area (Å²) in [6.07, 6.45) is 0. The Kier molecular flexibility index (Phi) is 5.35. The molecule has 5 heteroatoms.